The van der Waals surface area contributed by atoms with Crippen LogP contribution in [-0.2, 0) is 9.53 Å². The van der Waals surface area contributed by atoms with E-state index < -0.39 is 0 Å². The van der Waals surface area contributed by atoms with E-state index in [1.54, 1.807) is 0 Å². The third-order valence-corrected chi connectivity index (χ3v) is 5.24. The van der Waals surface area contributed by atoms with Gasteiger partial charge in [-0.3, -0.25) is 9.69 Å². The highest BCUT2D eigenvalue weighted by Gasteiger charge is 2.37. The van der Waals surface area contributed by atoms with Crippen LogP contribution in [0.3, 0.4) is 0 Å². The Balaban J connectivity index is 0.00000288. The smallest absolute Gasteiger partial charge is 0.240 e. The fourth-order valence-corrected chi connectivity index (χ4v) is 4.13. The normalized spacial score (nSPS) is 30.2. The number of ether oxygens (including phenoxy) is 1. The van der Waals surface area contributed by atoms with Crippen molar-refractivity contribution in [2.75, 3.05) is 26.2 Å². The van der Waals surface area contributed by atoms with Gasteiger partial charge in [0.1, 0.15) is 0 Å². The molecule has 0 spiro atoms. The molecule has 5 nitrogen and oxygen atoms in total. The third-order valence-electron chi connectivity index (χ3n) is 5.24. The molecule has 5 unspecified atom stereocenters. The maximum Gasteiger partial charge on any atom is 0.240 e. The molecule has 5 atom stereocenters. The van der Waals surface area contributed by atoms with Crippen molar-refractivity contribution in [1.82, 2.24) is 9.80 Å². The Morgan fingerprint density at radius 2 is 1.64 bits per heavy atom. The van der Waals surface area contributed by atoms with Crippen molar-refractivity contribution in [2.24, 2.45) is 17.6 Å². The average molecular weight is 398 g/mol. The first-order chi connectivity index (χ1) is 10.8. The van der Waals surface area contributed by atoms with Crippen LogP contribution in [0.4, 0.5) is 0 Å². The Hall–Kier alpha value is -0.0700. The fraction of sp³-hybridized carbons (Fsp3) is 0.944. The molecule has 2 saturated heterocycles. The number of hydrogen-bond acceptors (Lipinski definition) is 4. The van der Waals surface area contributed by atoms with Gasteiger partial charge in [-0.2, -0.15) is 0 Å². The van der Waals surface area contributed by atoms with E-state index >= 15 is 0 Å². The van der Waals surface area contributed by atoms with Crippen LogP contribution in [0.15, 0.2) is 0 Å². The van der Waals surface area contributed by atoms with Crippen molar-refractivity contribution < 1.29 is 9.53 Å². The van der Waals surface area contributed by atoms with Crippen molar-refractivity contribution >= 4 is 30.7 Å². The summed E-state index contributed by atoms with van der Waals surface area (Å²) in [6.07, 6.45) is 2.58. The van der Waals surface area contributed by atoms with Crippen LogP contribution in [0.5, 0.6) is 0 Å². The Kier molecular flexibility index (Phi) is 10.9. The van der Waals surface area contributed by atoms with Crippen molar-refractivity contribution in [1.29, 1.82) is 0 Å². The average Bonchev–Trinajstić information content (AvgIpc) is 2.46. The quantitative estimate of drug-likeness (QED) is 0.791. The number of carbonyl (C=O) groups excluding carboxylic acids is 1. The molecule has 2 fully saturated rings. The molecular formula is C18H37Cl2N3O2. The zero-order valence-electron chi connectivity index (χ0n) is 16.3. The lowest BCUT2D eigenvalue weighted by molar-refractivity contribution is -0.147. The summed E-state index contributed by atoms with van der Waals surface area (Å²) in [6, 6.07) is 0.113. The Morgan fingerprint density at radius 1 is 1.08 bits per heavy atom. The van der Waals surface area contributed by atoms with Gasteiger partial charge in [0.15, 0.2) is 0 Å². The van der Waals surface area contributed by atoms with Gasteiger partial charge in [-0.05, 0) is 45.4 Å². The monoisotopic (exact) mass is 397 g/mol. The molecule has 0 saturated carbocycles. The lowest BCUT2D eigenvalue weighted by Gasteiger charge is -2.44. The molecule has 0 aromatic heterocycles. The molecule has 2 heterocycles. The van der Waals surface area contributed by atoms with Gasteiger partial charge in [-0.25, -0.2) is 0 Å². The zero-order valence-corrected chi connectivity index (χ0v) is 17.9. The number of rotatable bonds is 4. The summed E-state index contributed by atoms with van der Waals surface area (Å²) < 4.78 is 5.84. The van der Waals surface area contributed by atoms with Gasteiger partial charge >= 0.3 is 0 Å². The van der Waals surface area contributed by atoms with Crippen LogP contribution < -0.4 is 5.73 Å². The summed E-state index contributed by atoms with van der Waals surface area (Å²) in [6.45, 7) is 13.9. The van der Waals surface area contributed by atoms with Crippen LogP contribution in [0.25, 0.3) is 0 Å². The molecular weight excluding hydrogens is 361 g/mol. The van der Waals surface area contributed by atoms with Crippen molar-refractivity contribution in [3.63, 3.8) is 0 Å². The highest BCUT2D eigenvalue weighted by Crippen LogP contribution is 2.24. The largest absolute Gasteiger partial charge is 0.373 e. The highest BCUT2D eigenvalue weighted by molar-refractivity contribution is 5.85. The number of halogens is 2. The molecule has 2 aliphatic rings. The van der Waals surface area contributed by atoms with Gasteiger partial charge in [0, 0.05) is 32.2 Å². The number of likely N-dealkylation sites (tertiary alicyclic amines) is 1. The van der Waals surface area contributed by atoms with Gasteiger partial charge in [-0.1, -0.05) is 13.8 Å². The number of carbonyl (C=O) groups is 1. The Bertz CT molecular complexity index is 400. The van der Waals surface area contributed by atoms with Gasteiger partial charge in [-0.15, -0.1) is 24.8 Å². The van der Waals surface area contributed by atoms with Crippen molar-refractivity contribution in [2.45, 2.75) is 71.8 Å². The molecule has 25 heavy (non-hydrogen) atoms. The van der Waals surface area contributed by atoms with E-state index in [-0.39, 0.29) is 55.0 Å². The Morgan fingerprint density at radius 3 is 2.12 bits per heavy atom. The van der Waals surface area contributed by atoms with Crippen LogP contribution in [-0.4, -0.2) is 66.2 Å². The predicted octanol–water partition coefficient (Wildman–Crippen LogP) is 2.55. The van der Waals surface area contributed by atoms with E-state index in [4.69, 9.17) is 10.5 Å². The van der Waals surface area contributed by atoms with Gasteiger partial charge in [0.2, 0.25) is 5.91 Å². The number of morpholine rings is 1. The number of hydrogen-bond donors (Lipinski definition) is 1. The van der Waals surface area contributed by atoms with Crippen LogP contribution in [0.2, 0.25) is 0 Å². The van der Waals surface area contributed by atoms with Gasteiger partial charge < -0.3 is 15.4 Å². The second-order valence-corrected chi connectivity index (χ2v) is 7.95. The van der Waals surface area contributed by atoms with Crippen molar-refractivity contribution in [3.8, 4) is 0 Å². The van der Waals surface area contributed by atoms with Crippen molar-refractivity contribution in [3.05, 3.63) is 0 Å². The fourth-order valence-electron chi connectivity index (χ4n) is 4.13. The van der Waals surface area contributed by atoms with E-state index in [1.165, 1.54) is 0 Å². The lowest BCUT2D eigenvalue weighted by Crippen LogP contribution is -2.59. The van der Waals surface area contributed by atoms with E-state index in [1.807, 2.05) is 0 Å². The molecule has 1 amide bonds. The van der Waals surface area contributed by atoms with Gasteiger partial charge in [0.25, 0.3) is 0 Å². The van der Waals surface area contributed by atoms with Crippen LogP contribution >= 0.6 is 24.8 Å². The highest BCUT2D eigenvalue weighted by atomic mass is 35.5. The number of amides is 1. The maximum atomic E-state index is 13.2. The number of piperidine rings is 1. The first-order valence-electron chi connectivity index (χ1n) is 9.23. The molecule has 7 heteroatoms. The minimum atomic E-state index is -0.0457. The third kappa shape index (κ3) is 6.55. The molecule has 0 aliphatic carbocycles. The molecule has 2 aliphatic heterocycles. The molecule has 0 radical (unpaired) electrons. The summed E-state index contributed by atoms with van der Waals surface area (Å²) in [7, 11) is 0. The molecule has 2 rings (SSSR count). The minimum Gasteiger partial charge on any atom is -0.373 e. The number of nitrogens with zero attached hydrogens (tertiary/aromatic N) is 2. The lowest BCUT2D eigenvalue weighted by atomic mass is 9.90. The minimum absolute atomic E-state index is 0. The van der Waals surface area contributed by atoms with E-state index in [9.17, 15) is 4.79 Å². The maximum absolute atomic E-state index is 13.2. The summed E-state index contributed by atoms with van der Waals surface area (Å²) >= 11 is 0. The number of nitrogens with two attached hydrogens (primary N) is 1. The SMILES string of the molecule is CC1CN(C(C(=O)N2CCCC(C(C)N)C2)C(C)C)CC(C)O1.Cl.Cl. The Labute approximate surface area is 165 Å². The van der Waals surface area contributed by atoms with E-state index in [2.05, 4.69) is 44.4 Å². The summed E-state index contributed by atoms with van der Waals surface area (Å²) in [4.78, 5) is 17.6. The topological polar surface area (TPSA) is 58.8 Å². The molecule has 2 N–H and O–H groups in total. The standard InChI is InChI=1S/C18H35N3O2.2ClH/c1-12(2)17(21-9-13(3)23-14(4)10-21)18(22)20-8-6-7-16(11-20)15(5)19;;/h12-17H,6-11,19H2,1-5H3;2*1H. The first-order valence-corrected chi connectivity index (χ1v) is 9.23. The molecule has 0 aromatic carbocycles. The van der Waals surface area contributed by atoms with Crippen LogP contribution in [0, 0.1) is 11.8 Å². The molecule has 0 aromatic rings. The summed E-state index contributed by atoms with van der Waals surface area (Å²) in [5, 5.41) is 0. The second-order valence-electron chi connectivity index (χ2n) is 7.95. The summed E-state index contributed by atoms with van der Waals surface area (Å²) in [5.41, 5.74) is 6.08. The van der Waals surface area contributed by atoms with Gasteiger partial charge in [0.05, 0.1) is 18.2 Å². The second kappa shape index (κ2) is 10.9. The predicted molar refractivity (Wildman–Crippen MR) is 108 cm³/mol. The summed E-state index contributed by atoms with van der Waals surface area (Å²) in [5.74, 6) is 1.02. The van der Waals surface area contributed by atoms with E-state index in [0.717, 1.165) is 39.0 Å². The van der Waals surface area contributed by atoms with E-state index in [0.29, 0.717) is 11.8 Å². The zero-order chi connectivity index (χ0) is 17.1. The van der Waals surface area contributed by atoms with Crippen LogP contribution in [0.1, 0.15) is 47.5 Å². The molecule has 0 bridgehead atoms. The first kappa shape index (κ1) is 24.9. The molecule has 150 valence electrons.